The number of amides is 1. The number of aliphatic imine (C=N–C) groups is 3. The van der Waals surface area contributed by atoms with E-state index in [-0.39, 0.29) is 11.7 Å². The Hall–Kier alpha value is -3.54. The predicted molar refractivity (Wildman–Crippen MR) is 120 cm³/mol. The van der Waals surface area contributed by atoms with Crippen molar-refractivity contribution in [2.24, 2.45) is 15.0 Å². The fraction of sp³-hybridized carbons (Fsp3) is 0.0476. The number of hydrogen-bond donors (Lipinski definition) is 2. The molecule has 0 radical (unpaired) electrons. The number of nitrogens with zero attached hydrogens (tertiary/aromatic N) is 4. The number of carbonyl (C=O) groups excluding carboxylic acids is 1. The van der Waals surface area contributed by atoms with Gasteiger partial charge in [0.15, 0.2) is 0 Å². The SMILES string of the molecule is CC1=Nc2ccccc2SC1=C1C=[NH+]C(=NC#N)N=C1C(=O)Nc1cccc(Cl)c1. The average molecular weight is 434 g/mol. The van der Waals surface area contributed by atoms with Crippen LogP contribution in [-0.2, 0) is 4.79 Å². The van der Waals surface area contributed by atoms with Gasteiger partial charge in [-0.1, -0.05) is 46.6 Å². The van der Waals surface area contributed by atoms with Crippen LogP contribution < -0.4 is 10.3 Å². The van der Waals surface area contributed by atoms with Gasteiger partial charge in [-0.3, -0.25) is 9.79 Å². The highest BCUT2D eigenvalue weighted by Crippen LogP contribution is 2.41. The van der Waals surface area contributed by atoms with Gasteiger partial charge in [-0.05, 0) is 37.3 Å². The number of rotatable bonds is 2. The minimum atomic E-state index is -0.449. The predicted octanol–water partition coefficient (Wildman–Crippen LogP) is 2.87. The molecule has 0 saturated heterocycles. The fourth-order valence-electron chi connectivity index (χ4n) is 2.91. The summed E-state index contributed by atoms with van der Waals surface area (Å²) >= 11 is 7.52. The summed E-state index contributed by atoms with van der Waals surface area (Å²) in [6.45, 7) is 1.88. The quantitative estimate of drug-likeness (QED) is 0.711. The first-order chi connectivity index (χ1) is 14.5. The standard InChI is InChI=1S/C21H13ClN6OS/c1-12-19(30-17-8-3-2-7-16(17)26-12)15-10-24-21(25-11-23)28-18(15)20(29)27-14-6-4-5-13(22)9-14/h2-10H,1H3,(H,27,29)/p+1. The molecule has 2 N–H and O–H groups in total. The van der Waals surface area contributed by atoms with Gasteiger partial charge in [0.05, 0.1) is 23.2 Å². The zero-order valence-corrected chi connectivity index (χ0v) is 17.3. The Morgan fingerprint density at radius 2 is 2.07 bits per heavy atom. The third kappa shape index (κ3) is 4.08. The molecule has 2 aliphatic heterocycles. The van der Waals surface area contributed by atoms with Crippen molar-refractivity contribution in [1.82, 2.24) is 0 Å². The third-order valence-electron chi connectivity index (χ3n) is 4.21. The molecule has 1 amide bonds. The molecule has 0 aliphatic carbocycles. The number of nitriles is 1. The van der Waals surface area contributed by atoms with Crippen molar-refractivity contribution < 1.29 is 9.79 Å². The number of halogens is 1. The molecule has 0 atom stereocenters. The monoisotopic (exact) mass is 433 g/mol. The Morgan fingerprint density at radius 3 is 2.87 bits per heavy atom. The fourth-order valence-corrected chi connectivity index (χ4v) is 4.15. The molecule has 0 unspecified atom stereocenters. The Bertz CT molecular complexity index is 1250. The van der Waals surface area contributed by atoms with Crippen molar-refractivity contribution in [3.05, 3.63) is 64.0 Å². The van der Waals surface area contributed by atoms with Crippen molar-refractivity contribution in [3.8, 4) is 6.19 Å². The Morgan fingerprint density at radius 1 is 1.23 bits per heavy atom. The average Bonchev–Trinajstić information content (AvgIpc) is 2.73. The van der Waals surface area contributed by atoms with Gasteiger partial charge >= 0.3 is 5.96 Å². The summed E-state index contributed by atoms with van der Waals surface area (Å²) in [7, 11) is 0. The highest BCUT2D eigenvalue weighted by atomic mass is 35.5. The second kappa shape index (κ2) is 8.45. The number of guanidine groups is 1. The summed E-state index contributed by atoms with van der Waals surface area (Å²) in [4.78, 5) is 30.2. The molecular weight excluding hydrogens is 420 g/mol. The van der Waals surface area contributed by atoms with Gasteiger partial charge in [0.2, 0.25) is 5.71 Å². The van der Waals surface area contributed by atoms with Gasteiger partial charge in [0.25, 0.3) is 12.1 Å². The number of hydrogen-bond acceptors (Lipinski definition) is 5. The van der Waals surface area contributed by atoms with E-state index in [0.717, 1.165) is 21.2 Å². The number of anilines is 1. The van der Waals surface area contributed by atoms with E-state index in [9.17, 15) is 4.79 Å². The molecule has 30 heavy (non-hydrogen) atoms. The molecule has 2 aromatic rings. The van der Waals surface area contributed by atoms with Crippen LogP contribution >= 0.6 is 23.4 Å². The molecule has 2 heterocycles. The second-order valence-electron chi connectivity index (χ2n) is 6.26. The molecule has 2 aromatic carbocycles. The first-order valence-electron chi connectivity index (χ1n) is 8.84. The van der Waals surface area contributed by atoms with Crippen LogP contribution in [0, 0.1) is 11.5 Å². The molecule has 2 aliphatic rings. The van der Waals surface area contributed by atoms with Gasteiger partial charge in [0, 0.05) is 25.5 Å². The molecule has 9 heteroatoms. The largest absolute Gasteiger partial charge is 0.442 e. The van der Waals surface area contributed by atoms with Crippen LogP contribution in [0.5, 0.6) is 0 Å². The molecule has 0 saturated carbocycles. The summed E-state index contributed by atoms with van der Waals surface area (Å²) in [6.07, 6.45) is 3.29. The van der Waals surface area contributed by atoms with Crippen LogP contribution in [0.1, 0.15) is 6.92 Å². The van der Waals surface area contributed by atoms with Crippen LogP contribution in [-0.4, -0.2) is 29.5 Å². The Balaban J connectivity index is 1.77. The van der Waals surface area contributed by atoms with E-state index in [0.29, 0.717) is 16.3 Å². The number of benzene rings is 2. The smallest absolute Gasteiger partial charge is 0.319 e. The van der Waals surface area contributed by atoms with Crippen LogP contribution in [0.25, 0.3) is 0 Å². The lowest BCUT2D eigenvalue weighted by atomic mass is 10.1. The molecule has 146 valence electrons. The molecule has 4 rings (SSSR count). The van der Waals surface area contributed by atoms with Gasteiger partial charge in [-0.2, -0.15) is 5.26 Å². The number of fused-ring (bicyclic) bond motifs is 1. The lowest BCUT2D eigenvalue weighted by molar-refractivity contribution is -0.311. The van der Waals surface area contributed by atoms with Crippen molar-refractivity contribution >= 4 is 64.2 Å². The molecule has 7 nitrogen and oxygen atoms in total. The lowest BCUT2D eigenvalue weighted by Gasteiger charge is -2.18. The van der Waals surface area contributed by atoms with Crippen molar-refractivity contribution in [2.75, 3.05) is 5.32 Å². The van der Waals surface area contributed by atoms with Gasteiger partial charge < -0.3 is 5.32 Å². The Labute approximate surface area is 181 Å². The summed E-state index contributed by atoms with van der Waals surface area (Å²) in [5.41, 5.74) is 2.85. The molecule has 0 spiro atoms. The number of allylic oxidation sites excluding steroid dienone is 1. The van der Waals surface area contributed by atoms with E-state index in [2.05, 4.69) is 25.3 Å². The maximum Gasteiger partial charge on any atom is 0.442 e. The van der Waals surface area contributed by atoms with E-state index >= 15 is 0 Å². The van der Waals surface area contributed by atoms with Crippen LogP contribution in [0.2, 0.25) is 5.02 Å². The summed E-state index contributed by atoms with van der Waals surface area (Å²) in [5, 5.41) is 12.2. The topological polar surface area (TPSA) is 104 Å². The van der Waals surface area contributed by atoms with E-state index < -0.39 is 5.91 Å². The highest BCUT2D eigenvalue weighted by molar-refractivity contribution is 8.04. The lowest BCUT2D eigenvalue weighted by Crippen LogP contribution is -2.75. The molecular formula is C21H14ClN6OS+. The zero-order valence-electron chi connectivity index (χ0n) is 15.7. The first kappa shape index (κ1) is 19.8. The minimum absolute atomic E-state index is 0.0360. The Kier molecular flexibility index (Phi) is 5.57. The number of para-hydroxylation sites is 1. The summed E-state index contributed by atoms with van der Waals surface area (Å²) in [5.74, 6) is -0.413. The maximum atomic E-state index is 13.1. The van der Waals surface area contributed by atoms with Crippen molar-refractivity contribution in [3.63, 3.8) is 0 Å². The molecule has 0 fully saturated rings. The minimum Gasteiger partial charge on any atom is -0.319 e. The normalized spacial score (nSPS) is 18.9. The van der Waals surface area contributed by atoms with Crippen molar-refractivity contribution in [2.45, 2.75) is 11.8 Å². The maximum absolute atomic E-state index is 13.1. The zero-order chi connectivity index (χ0) is 21.1. The van der Waals surface area contributed by atoms with Crippen molar-refractivity contribution in [1.29, 1.82) is 5.26 Å². The van der Waals surface area contributed by atoms with Gasteiger partial charge in [-0.25, -0.2) is 4.99 Å². The van der Waals surface area contributed by atoms with E-state index in [4.69, 9.17) is 16.9 Å². The van der Waals surface area contributed by atoms with Gasteiger partial charge in [0.1, 0.15) is 0 Å². The summed E-state index contributed by atoms with van der Waals surface area (Å²) in [6, 6.07) is 14.6. The second-order valence-corrected chi connectivity index (χ2v) is 7.75. The molecule has 0 aromatic heterocycles. The number of nitrogens with one attached hydrogen (secondary N) is 2. The summed E-state index contributed by atoms with van der Waals surface area (Å²) < 4.78 is 0. The van der Waals surface area contributed by atoms with E-state index in [1.54, 1.807) is 36.7 Å². The van der Waals surface area contributed by atoms with Crippen LogP contribution in [0.4, 0.5) is 11.4 Å². The van der Waals surface area contributed by atoms with Crippen LogP contribution in [0.15, 0.2) is 78.9 Å². The van der Waals surface area contributed by atoms with Crippen LogP contribution in [0.3, 0.4) is 0 Å². The molecule has 0 bridgehead atoms. The number of carbonyl (C=O) groups is 1. The first-order valence-corrected chi connectivity index (χ1v) is 10.0. The third-order valence-corrected chi connectivity index (χ3v) is 5.73. The van der Waals surface area contributed by atoms with E-state index in [1.807, 2.05) is 31.2 Å². The van der Waals surface area contributed by atoms with Gasteiger partial charge in [-0.15, -0.1) is 0 Å². The highest BCUT2D eigenvalue weighted by Gasteiger charge is 2.31. The number of thioether (sulfide) groups is 1. The van der Waals surface area contributed by atoms with E-state index in [1.165, 1.54) is 11.8 Å².